The minimum absolute atomic E-state index is 0.0674. The molecule has 138 valence electrons. The maximum atomic E-state index is 13.4. The van der Waals surface area contributed by atoms with Gasteiger partial charge in [0.15, 0.2) is 0 Å². The Kier molecular flexibility index (Phi) is 5.23. The van der Waals surface area contributed by atoms with Crippen LogP contribution in [0.4, 0.5) is 15.8 Å². The minimum Gasteiger partial charge on any atom is -0.465 e. The van der Waals surface area contributed by atoms with Crippen molar-refractivity contribution in [3.8, 4) is 0 Å². The molecule has 0 N–H and O–H groups in total. The van der Waals surface area contributed by atoms with E-state index in [0.717, 1.165) is 4.31 Å². The van der Waals surface area contributed by atoms with Crippen LogP contribution in [0.1, 0.15) is 10.4 Å². The number of halogens is 1. The molecule has 5 nitrogen and oxygen atoms in total. The van der Waals surface area contributed by atoms with Gasteiger partial charge in [-0.3, -0.25) is 0 Å². The topological polar surface area (TPSA) is 63.7 Å². The minimum atomic E-state index is -4.01. The van der Waals surface area contributed by atoms with Gasteiger partial charge in [-0.1, -0.05) is 24.3 Å². The molecule has 0 atom stereocenters. The van der Waals surface area contributed by atoms with Crippen molar-refractivity contribution < 1.29 is 22.3 Å². The zero-order chi connectivity index (χ0) is 19.4. The van der Waals surface area contributed by atoms with Crippen LogP contribution in [-0.4, -0.2) is 21.5 Å². The number of anilines is 2. The molecule has 0 heterocycles. The summed E-state index contributed by atoms with van der Waals surface area (Å²) in [5, 5.41) is 0. The van der Waals surface area contributed by atoms with E-state index in [-0.39, 0.29) is 21.8 Å². The van der Waals surface area contributed by atoms with Crippen molar-refractivity contribution in [1.29, 1.82) is 0 Å². The maximum absolute atomic E-state index is 13.4. The van der Waals surface area contributed by atoms with Crippen molar-refractivity contribution >= 4 is 27.4 Å². The van der Waals surface area contributed by atoms with Crippen molar-refractivity contribution in [2.24, 2.45) is 0 Å². The first kappa shape index (κ1) is 18.6. The smallest absolute Gasteiger partial charge is 0.337 e. The number of sulfonamides is 1. The summed E-state index contributed by atoms with van der Waals surface area (Å²) in [6.07, 6.45) is 0. The highest BCUT2D eigenvalue weighted by Gasteiger charge is 2.27. The summed E-state index contributed by atoms with van der Waals surface area (Å²) in [6, 6.07) is 19.0. The van der Waals surface area contributed by atoms with Crippen LogP contribution in [-0.2, 0) is 14.8 Å². The Labute approximate surface area is 156 Å². The number of benzene rings is 3. The van der Waals surface area contributed by atoms with Gasteiger partial charge in [-0.15, -0.1) is 0 Å². The van der Waals surface area contributed by atoms with Crippen molar-refractivity contribution in [2.45, 2.75) is 4.90 Å². The first-order chi connectivity index (χ1) is 12.9. The molecule has 0 bridgehead atoms. The second-order valence-corrected chi connectivity index (χ2v) is 7.39. The lowest BCUT2D eigenvalue weighted by Gasteiger charge is -2.25. The summed E-state index contributed by atoms with van der Waals surface area (Å²) in [7, 11) is -2.77. The number of hydrogen-bond acceptors (Lipinski definition) is 4. The van der Waals surface area contributed by atoms with Crippen molar-refractivity contribution in [2.75, 3.05) is 11.4 Å². The zero-order valence-electron chi connectivity index (χ0n) is 14.4. The number of carbonyl (C=O) groups excluding carboxylic acids is 1. The third kappa shape index (κ3) is 3.83. The van der Waals surface area contributed by atoms with Gasteiger partial charge in [-0.25, -0.2) is 21.9 Å². The molecule has 0 spiro atoms. The van der Waals surface area contributed by atoms with Crippen molar-refractivity contribution in [1.82, 2.24) is 0 Å². The van der Waals surface area contributed by atoms with Crippen LogP contribution in [0.3, 0.4) is 0 Å². The highest BCUT2D eigenvalue weighted by Crippen LogP contribution is 2.33. The Bertz CT molecular complexity index is 1050. The van der Waals surface area contributed by atoms with Gasteiger partial charge in [-0.05, 0) is 54.6 Å². The highest BCUT2D eigenvalue weighted by atomic mass is 32.2. The molecular formula is C20H16FNO4S. The lowest BCUT2D eigenvalue weighted by atomic mass is 10.2. The first-order valence-corrected chi connectivity index (χ1v) is 9.42. The normalized spacial score (nSPS) is 11.0. The average molecular weight is 385 g/mol. The van der Waals surface area contributed by atoms with Crippen LogP contribution in [0.15, 0.2) is 83.8 Å². The predicted octanol–water partition coefficient (Wildman–Crippen LogP) is 4.14. The molecule has 0 radical (unpaired) electrons. The number of carbonyl (C=O) groups is 1. The van der Waals surface area contributed by atoms with Gasteiger partial charge in [0.05, 0.1) is 28.9 Å². The van der Waals surface area contributed by atoms with Crippen molar-refractivity contribution in [3.63, 3.8) is 0 Å². The van der Waals surface area contributed by atoms with Gasteiger partial charge in [0.1, 0.15) is 5.82 Å². The molecule has 0 aliphatic rings. The molecule has 0 aliphatic carbocycles. The van der Waals surface area contributed by atoms with Gasteiger partial charge >= 0.3 is 5.97 Å². The quantitative estimate of drug-likeness (QED) is 0.619. The van der Waals surface area contributed by atoms with Crippen LogP contribution < -0.4 is 4.31 Å². The lowest BCUT2D eigenvalue weighted by molar-refractivity contribution is 0.0600. The molecule has 0 unspecified atom stereocenters. The van der Waals surface area contributed by atoms with E-state index in [4.69, 9.17) is 4.74 Å². The molecule has 27 heavy (non-hydrogen) atoms. The second-order valence-electron chi connectivity index (χ2n) is 5.60. The number of ether oxygens (including phenoxy) is 1. The Balaban J connectivity index is 2.20. The van der Waals surface area contributed by atoms with Gasteiger partial charge < -0.3 is 4.74 Å². The summed E-state index contributed by atoms with van der Waals surface area (Å²) in [4.78, 5) is 11.9. The maximum Gasteiger partial charge on any atom is 0.337 e. The standard InChI is InChI=1S/C20H16FNO4S/c1-26-20(23)15-6-5-7-18(14-15)22(17-12-10-16(21)11-13-17)27(24,25)19-8-3-2-4-9-19/h2-14H,1H3. The summed E-state index contributed by atoms with van der Waals surface area (Å²) in [5.41, 5.74) is 0.668. The van der Waals surface area contributed by atoms with Crippen LogP contribution in [0.25, 0.3) is 0 Å². The molecular weight excluding hydrogens is 369 g/mol. The fourth-order valence-electron chi connectivity index (χ4n) is 2.58. The van der Waals surface area contributed by atoms with Gasteiger partial charge in [0.25, 0.3) is 10.0 Å². The van der Waals surface area contributed by atoms with E-state index >= 15 is 0 Å². The summed E-state index contributed by atoms with van der Waals surface area (Å²) < 4.78 is 45.7. The highest BCUT2D eigenvalue weighted by molar-refractivity contribution is 7.93. The van der Waals surface area contributed by atoms with E-state index in [0.29, 0.717) is 0 Å². The Morgan fingerprint density at radius 2 is 1.56 bits per heavy atom. The zero-order valence-corrected chi connectivity index (χ0v) is 15.2. The van der Waals surface area contributed by atoms with Crippen LogP contribution in [0, 0.1) is 5.82 Å². The van der Waals surface area contributed by atoms with E-state index in [1.807, 2.05) is 0 Å². The summed E-state index contributed by atoms with van der Waals surface area (Å²) in [5.74, 6) is -1.08. The molecule has 7 heteroatoms. The summed E-state index contributed by atoms with van der Waals surface area (Å²) >= 11 is 0. The van der Waals surface area contributed by atoms with Crippen LogP contribution in [0.5, 0.6) is 0 Å². The van der Waals surface area contributed by atoms with Crippen molar-refractivity contribution in [3.05, 3.63) is 90.2 Å². The average Bonchev–Trinajstić information content (AvgIpc) is 2.70. The number of hydrogen-bond donors (Lipinski definition) is 0. The van der Waals surface area contributed by atoms with E-state index in [1.54, 1.807) is 30.3 Å². The third-order valence-corrected chi connectivity index (χ3v) is 5.61. The molecule has 0 aromatic heterocycles. The molecule has 3 rings (SSSR count). The fourth-order valence-corrected chi connectivity index (χ4v) is 4.08. The number of rotatable bonds is 5. The molecule has 0 fully saturated rings. The predicted molar refractivity (Wildman–Crippen MR) is 99.9 cm³/mol. The fraction of sp³-hybridized carbons (Fsp3) is 0.0500. The molecule has 3 aromatic rings. The number of methoxy groups -OCH3 is 1. The second kappa shape index (κ2) is 7.59. The van der Waals surface area contributed by atoms with E-state index in [2.05, 4.69) is 0 Å². The van der Waals surface area contributed by atoms with Gasteiger partial charge in [0.2, 0.25) is 0 Å². The molecule has 0 amide bonds. The Hall–Kier alpha value is -3.19. The monoisotopic (exact) mass is 385 g/mol. The van der Waals surface area contributed by atoms with E-state index in [1.165, 1.54) is 55.6 Å². The molecule has 0 saturated heterocycles. The largest absolute Gasteiger partial charge is 0.465 e. The Morgan fingerprint density at radius 1 is 0.889 bits per heavy atom. The lowest BCUT2D eigenvalue weighted by Crippen LogP contribution is -2.26. The van der Waals surface area contributed by atoms with Crippen LogP contribution >= 0.6 is 0 Å². The van der Waals surface area contributed by atoms with Crippen LogP contribution in [0.2, 0.25) is 0 Å². The molecule has 0 saturated carbocycles. The Morgan fingerprint density at radius 3 is 2.19 bits per heavy atom. The van der Waals surface area contributed by atoms with E-state index in [9.17, 15) is 17.6 Å². The summed E-state index contributed by atoms with van der Waals surface area (Å²) in [6.45, 7) is 0. The number of esters is 1. The molecule has 3 aromatic carbocycles. The van der Waals surface area contributed by atoms with Gasteiger partial charge in [-0.2, -0.15) is 0 Å². The van der Waals surface area contributed by atoms with E-state index < -0.39 is 21.8 Å². The van der Waals surface area contributed by atoms with Gasteiger partial charge in [0, 0.05) is 0 Å². The molecule has 0 aliphatic heterocycles. The SMILES string of the molecule is COC(=O)c1cccc(N(c2ccc(F)cc2)S(=O)(=O)c2ccccc2)c1. The third-order valence-electron chi connectivity index (χ3n) is 3.84. The first-order valence-electron chi connectivity index (χ1n) is 7.98. The number of nitrogens with zero attached hydrogens (tertiary/aromatic N) is 1.